The molecule has 0 aromatic heterocycles. The second-order valence-corrected chi connectivity index (χ2v) is 4.27. The SMILES string of the molecule is C1=CC2=COC3(CCNCC3)C2C=C1. The molecule has 1 atom stereocenters. The highest BCUT2D eigenvalue weighted by Crippen LogP contribution is 2.43. The summed E-state index contributed by atoms with van der Waals surface area (Å²) in [6.07, 6.45) is 12.9. The average Bonchev–Trinajstić information content (AvgIpc) is 2.60. The van der Waals surface area contributed by atoms with E-state index in [0.29, 0.717) is 5.92 Å². The molecule has 2 heterocycles. The summed E-state index contributed by atoms with van der Waals surface area (Å²) in [6.45, 7) is 2.16. The Morgan fingerprint density at radius 1 is 1.29 bits per heavy atom. The fourth-order valence-electron chi connectivity index (χ4n) is 2.69. The van der Waals surface area contributed by atoms with Gasteiger partial charge in [0.1, 0.15) is 5.60 Å². The second kappa shape index (κ2) is 2.99. The predicted molar refractivity (Wildman–Crippen MR) is 55.8 cm³/mol. The van der Waals surface area contributed by atoms with E-state index in [4.69, 9.17) is 4.74 Å². The molecule has 0 saturated carbocycles. The first-order chi connectivity index (χ1) is 6.91. The first-order valence-electron chi connectivity index (χ1n) is 5.34. The van der Waals surface area contributed by atoms with Gasteiger partial charge >= 0.3 is 0 Å². The van der Waals surface area contributed by atoms with E-state index < -0.39 is 0 Å². The van der Waals surface area contributed by atoms with Gasteiger partial charge in [-0.25, -0.2) is 0 Å². The molecule has 3 aliphatic rings. The Labute approximate surface area is 84.3 Å². The lowest BCUT2D eigenvalue weighted by molar-refractivity contribution is -0.00628. The van der Waals surface area contributed by atoms with Crippen molar-refractivity contribution in [2.75, 3.05) is 13.1 Å². The number of rotatable bonds is 0. The zero-order valence-electron chi connectivity index (χ0n) is 8.20. The van der Waals surface area contributed by atoms with E-state index in [1.54, 1.807) is 0 Å². The number of hydrogen-bond acceptors (Lipinski definition) is 2. The molecule has 3 rings (SSSR count). The van der Waals surface area contributed by atoms with Gasteiger partial charge in [-0.2, -0.15) is 0 Å². The van der Waals surface area contributed by atoms with Crippen molar-refractivity contribution in [1.29, 1.82) is 0 Å². The lowest BCUT2D eigenvalue weighted by atomic mass is 9.76. The zero-order valence-corrected chi connectivity index (χ0v) is 8.20. The Kier molecular flexibility index (Phi) is 1.77. The van der Waals surface area contributed by atoms with E-state index in [2.05, 4.69) is 29.6 Å². The van der Waals surface area contributed by atoms with Gasteiger partial charge in [-0.05, 0) is 18.7 Å². The summed E-state index contributed by atoms with van der Waals surface area (Å²) in [5.41, 5.74) is 1.41. The van der Waals surface area contributed by atoms with Crippen LogP contribution in [0.15, 0.2) is 36.1 Å². The molecule has 2 aliphatic heterocycles. The molecule has 2 heteroatoms. The molecule has 1 aliphatic carbocycles. The molecule has 0 amide bonds. The van der Waals surface area contributed by atoms with Crippen LogP contribution in [-0.4, -0.2) is 18.7 Å². The first kappa shape index (κ1) is 8.30. The molecule has 1 saturated heterocycles. The zero-order chi connectivity index (χ0) is 9.43. The third kappa shape index (κ3) is 1.07. The van der Waals surface area contributed by atoms with Crippen molar-refractivity contribution in [3.8, 4) is 0 Å². The fourth-order valence-corrected chi connectivity index (χ4v) is 2.69. The maximum atomic E-state index is 5.92. The molecular formula is C12H15NO. The third-order valence-electron chi connectivity index (χ3n) is 3.51. The van der Waals surface area contributed by atoms with E-state index >= 15 is 0 Å². The van der Waals surface area contributed by atoms with Crippen LogP contribution < -0.4 is 5.32 Å². The maximum Gasteiger partial charge on any atom is 0.121 e. The van der Waals surface area contributed by atoms with Gasteiger partial charge in [0, 0.05) is 18.8 Å². The Balaban J connectivity index is 1.90. The first-order valence-corrected chi connectivity index (χ1v) is 5.34. The number of allylic oxidation sites excluding steroid dienone is 3. The van der Waals surface area contributed by atoms with Gasteiger partial charge in [0.05, 0.1) is 6.26 Å². The monoisotopic (exact) mass is 189 g/mol. The normalized spacial score (nSPS) is 32.6. The molecule has 2 nitrogen and oxygen atoms in total. The lowest BCUT2D eigenvalue weighted by Gasteiger charge is -2.38. The average molecular weight is 189 g/mol. The van der Waals surface area contributed by atoms with Crippen LogP contribution in [0, 0.1) is 5.92 Å². The van der Waals surface area contributed by atoms with Crippen LogP contribution in [0.3, 0.4) is 0 Å². The van der Waals surface area contributed by atoms with Crippen molar-refractivity contribution in [2.24, 2.45) is 5.92 Å². The Bertz CT molecular complexity index is 321. The van der Waals surface area contributed by atoms with Crippen LogP contribution in [0.25, 0.3) is 0 Å². The highest BCUT2D eigenvalue weighted by Gasteiger charge is 2.45. The van der Waals surface area contributed by atoms with E-state index in [1.807, 2.05) is 6.26 Å². The van der Waals surface area contributed by atoms with Crippen LogP contribution in [0.1, 0.15) is 12.8 Å². The smallest absolute Gasteiger partial charge is 0.121 e. The van der Waals surface area contributed by atoms with Crippen molar-refractivity contribution >= 4 is 0 Å². The van der Waals surface area contributed by atoms with Crippen LogP contribution in [0.5, 0.6) is 0 Å². The molecular weight excluding hydrogens is 174 g/mol. The molecule has 74 valence electrons. The minimum Gasteiger partial charge on any atom is -0.494 e. The number of nitrogens with one attached hydrogen (secondary N) is 1. The topological polar surface area (TPSA) is 21.3 Å². The van der Waals surface area contributed by atoms with Gasteiger partial charge in [0.25, 0.3) is 0 Å². The van der Waals surface area contributed by atoms with Crippen molar-refractivity contribution < 1.29 is 4.74 Å². The van der Waals surface area contributed by atoms with Gasteiger partial charge in [-0.15, -0.1) is 0 Å². The van der Waals surface area contributed by atoms with Crippen molar-refractivity contribution in [1.82, 2.24) is 5.32 Å². The van der Waals surface area contributed by atoms with Crippen LogP contribution in [0.2, 0.25) is 0 Å². The summed E-state index contributed by atoms with van der Waals surface area (Å²) in [4.78, 5) is 0. The van der Waals surface area contributed by atoms with E-state index in [9.17, 15) is 0 Å². The minimum atomic E-state index is 0.0713. The molecule has 0 radical (unpaired) electrons. The van der Waals surface area contributed by atoms with Crippen molar-refractivity contribution in [3.05, 3.63) is 36.1 Å². The lowest BCUT2D eigenvalue weighted by Crippen LogP contribution is -2.46. The number of ether oxygens (including phenoxy) is 1. The minimum absolute atomic E-state index is 0.0713. The fraction of sp³-hybridized carbons (Fsp3) is 0.500. The predicted octanol–water partition coefficient (Wildman–Crippen LogP) is 1.76. The van der Waals surface area contributed by atoms with Gasteiger partial charge in [-0.1, -0.05) is 24.3 Å². The molecule has 0 aromatic carbocycles. The number of hydrogen-bond donors (Lipinski definition) is 1. The number of piperidine rings is 1. The second-order valence-electron chi connectivity index (χ2n) is 4.27. The molecule has 0 aromatic rings. The summed E-state index contributed by atoms with van der Waals surface area (Å²) in [5, 5.41) is 3.39. The summed E-state index contributed by atoms with van der Waals surface area (Å²) in [7, 11) is 0. The Morgan fingerprint density at radius 3 is 3.00 bits per heavy atom. The molecule has 1 fully saturated rings. The van der Waals surface area contributed by atoms with Crippen molar-refractivity contribution in [2.45, 2.75) is 18.4 Å². The van der Waals surface area contributed by atoms with Crippen LogP contribution >= 0.6 is 0 Å². The summed E-state index contributed by atoms with van der Waals surface area (Å²) in [5.74, 6) is 0.495. The summed E-state index contributed by atoms with van der Waals surface area (Å²) in [6, 6.07) is 0. The largest absolute Gasteiger partial charge is 0.494 e. The van der Waals surface area contributed by atoms with E-state index in [1.165, 1.54) is 5.57 Å². The number of fused-ring (bicyclic) bond motifs is 2. The van der Waals surface area contributed by atoms with Gasteiger partial charge in [-0.3, -0.25) is 0 Å². The Hall–Kier alpha value is -1.02. The van der Waals surface area contributed by atoms with Gasteiger partial charge < -0.3 is 10.1 Å². The molecule has 1 N–H and O–H groups in total. The summed E-state index contributed by atoms with van der Waals surface area (Å²) < 4.78 is 5.92. The van der Waals surface area contributed by atoms with E-state index in [-0.39, 0.29) is 5.60 Å². The van der Waals surface area contributed by atoms with Crippen LogP contribution in [-0.2, 0) is 4.74 Å². The maximum absolute atomic E-state index is 5.92. The van der Waals surface area contributed by atoms with Crippen LogP contribution in [0.4, 0.5) is 0 Å². The molecule has 1 spiro atoms. The Morgan fingerprint density at radius 2 is 2.14 bits per heavy atom. The molecule has 14 heavy (non-hydrogen) atoms. The molecule has 1 unspecified atom stereocenters. The third-order valence-corrected chi connectivity index (χ3v) is 3.51. The van der Waals surface area contributed by atoms with Crippen molar-refractivity contribution in [3.63, 3.8) is 0 Å². The quantitative estimate of drug-likeness (QED) is 0.627. The molecule has 0 bridgehead atoms. The highest BCUT2D eigenvalue weighted by molar-refractivity contribution is 5.38. The van der Waals surface area contributed by atoms with Gasteiger partial charge in [0.15, 0.2) is 0 Å². The standard InChI is InChI=1S/C12H15NO/c1-2-4-11-10(3-1)9-14-12(11)5-7-13-8-6-12/h1-4,9,11,13H,5-8H2. The van der Waals surface area contributed by atoms with E-state index in [0.717, 1.165) is 25.9 Å². The van der Waals surface area contributed by atoms with Gasteiger partial charge in [0.2, 0.25) is 0 Å². The summed E-state index contributed by atoms with van der Waals surface area (Å²) >= 11 is 0. The highest BCUT2D eigenvalue weighted by atomic mass is 16.5.